The molecule has 2 N–H and O–H groups in total. The highest BCUT2D eigenvalue weighted by atomic mass is 32.1. The fraction of sp³-hybridized carbons (Fsp3) is 0.722. The number of carbonyl (C=O) groups is 1. The molecule has 1 unspecified atom stereocenters. The summed E-state index contributed by atoms with van der Waals surface area (Å²) in [7, 11) is 0. The van der Waals surface area contributed by atoms with Crippen molar-refractivity contribution < 1.29 is 4.79 Å². The average Bonchev–Trinajstić information content (AvgIpc) is 3.06. The zero-order chi connectivity index (χ0) is 16.1. The number of carbonyl (C=O) groups excluding carboxylic acids is 1. The van der Waals surface area contributed by atoms with E-state index in [4.69, 9.17) is 0 Å². The van der Waals surface area contributed by atoms with Crippen molar-refractivity contribution in [1.82, 2.24) is 15.5 Å². The molecule has 0 radical (unpaired) electrons. The summed E-state index contributed by atoms with van der Waals surface area (Å²) in [6.45, 7) is 7.37. The summed E-state index contributed by atoms with van der Waals surface area (Å²) in [5, 5.41) is 8.72. The monoisotopic (exact) mass is 335 g/mol. The maximum absolute atomic E-state index is 12.1. The number of hydrogen-bond donors (Lipinski definition) is 2. The van der Waals surface area contributed by atoms with E-state index in [9.17, 15) is 4.79 Å². The molecule has 4 nitrogen and oxygen atoms in total. The third kappa shape index (κ3) is 4.78. The molecule has 0 aliphatic carbocycles. The van der Waals surface area contributed by atoms with Crippen molar-refractivity contribution in [2.24, 2.45) is 5.92 Å². The first kappa shape index (κ1) is 16.9. The van der Waals surface area contributed by atoms with Crippen LogP contribution in [0.2, 0.25) is 0 Å². The van der Waals surface area contributed by atoms with Crippen LogP contribution in [0.1, 0.15) is 43.0 Å². The third-order valence-corrected chi connectivity index (χ3v) is 6.32. The van der Waals surface area contributed by atoms with E-state index in [1.807, 2.05) is 11.3 Å². The Hall–Kier alpha value is -0.910. The number of rotatable bonds is 6. The summed E-state index contributed by atoms with van der Waals surface area (Å²) in [4.78, 5) is 16.1. The SMILES string of the molecule is CC(CNC(=O)CCC1CCNCC1)N1CCc2sccc2C1. The summed E-state index contributed by atoms with van der Waals surface area (Å²) in [6.07, 6.45) is 5.33. The number of piperidine rings is 1. The molecule has 2 aliphatic heterocycles. The number of nitrogens with one attached hydrogen (secondary N) is 2. The van der Waals surface area contributed by atoms with E-state index in [1.54, 1.807) is 4.88 Å². The number of hydrogen-bond acceptors (Lipinski definition) is 4. The minimum absolute atomic E-state index is 0.226. The molecular weight excluding hydrogens is 306 g/mol. The van der Waals surface area contributed by atoms with Gasteiger partial charge in [-0.3, -0.25) is 9.69 Å². The molecule has 1 atom stereocenters. The molecule has 128 valence electrons. The van der Waals surface area contributed by atoms with Crippen LogP contribution in [0.4, 0.5) is 0 Å². The van der Waals surface area contributed by atoms with Gasteiger partial charge < -0.3 is 10.6 Å². The van der Waals surface area contributed by atoms with Gasteiger partial charge in [-0.2, -0.15) is 0 Å². The van der Waals surface area contributed by atoms with Gasteiger partial charge in [-0.15, -0.1) is 11.3 Å². The molecule has 1 amide bonds. The van der Waals surface area contributed by atoms with E-state index in [2.05, 4.69) is 33.9 Å². The van der Waals surface area contributed by atoms with Gasteiger partial charge in [0.05, 0.1) is 0 Å². The molecule has 0 aromatic carbocycles. The van der Waals surface area contributed by atoms with Crippen molar-refractivity contribution in [2.45, 2.75) is 51.6 Å². The first-order valence-corrected chi connectivity index (χ1v) is 9.87. The second-order valence-corrected chi connectivity index (χ2v) is 7.98. The fourth-order valence-electron chi connectivity index (χ4n) is 3.63. The normalized spacial score (nSPS) is 20.9. The second kappa shape index (κ2) is 8.27. The maximum Gasteiger partial charge on any atom is 0.220 e. The van der Waals surface area contributed by atoms with Crippen LogP contribution < -0.4 is 10.6 Å². The quantitative estimate of drug-likeness (QED) is 0.839. The molecule has 0 bridgehead atoms. The molecule has 2 aliphatic rings. The Labute approximate surface area is 143 Å². The molecule has 3 rings (SSSR count). The van der Waals surface area contributed by atoms with Crippen LogP contribution in [0.3, 0.4) is 0 Å². The molecule has 23 heavy (non-hydrogen) atoms. The first-order valence-electron chi connectivity index (χ1n) is 8.99. The Bertz CT molecular complexity index is 510. The lowest BCUT2D eigenvalue weighted by molar-refractivity contribution is -0.121. The lowest BCUT2D eigenvalue weighted by Crippen LogP contribution is -2.44. The van der Waals surface area contributed by atoms with Gasteiger partial charge in [0.1, 0.15) is 0 Å². The van der Waals surface area contributed by atoms with Gasteiger partial charge in [0.25, 0.3) is 0 Å². The zero-order valence-corrected chi connectivity index (χ0v) is 15.0. The predicted octanol–water partition coefficient (Wildman–Crippen LogP) is 2.39. The van der Waals surface area contributed by atoms with Gasteiger partial charge in [0.15, 0.2) is 0 Å². The number of nitrogens with zero attached hydrogens (tertiary/aromatic N) is 1. The summed E-state index contributed by atoms with van der Waals surface area (Å²) in [6, 6.07) is 2.65. The molecule has 1 aromatic heterocycles. The van der Waals surface area contributed by atoms with E-state index in [1.165, 1.54) is 18.4 Å². The van der Waals surface area contributed by atoms with Crippen LogP contribution in [-0.4, -0.2) is 43.0 Å². The highest BCUT2D eigenvalue weighted by Crippen LogP contribution is 2.25. The Balaban J connectivity index is 1.35. The minimum atomic E-state index is 0.226. The van der Waals surface area contributed by atoms with Gasteiger partial charge in [-0.25, -0.2) is 0 Å². The van der Waals surface area contributed by atoms with Crippen molar-refractivity contribution in [1.29, 1.82) is 0 Å². The van der Waals surface area contributed by atoms with Crippen molar-refractivity contribution in [3.05, 3.63) is 21.9 Å². The van der Waals surface area contributed by atoms with E-state index in [-0.39, 0.29) is 5.91 Å². The molecule has 1 aromatic rings. The van der Waals surface area contributed by atoms with Crippen LogP contribution in [0.15, 0.2) is 11.4 Å². The third-order valence-electron chi connectivity index (χ3n) is 5.29. The number of amides is 1. The van der Waals surface area contributed by atoms with Gasteiger partial charge in [-0.05, 0) is 68.6 Å². The highest BCUT2D eigenvalue weighted by molar-refractivity contribution is 7.10. The Morgan fingerprint density at radius 1 is 1.48 bits per heavy atom. The lowest BCUT2D eigenvalue weighted by Gasteiger charge is -2.32. The van der Waals surface area contributed by atoms with Crippen LogP contribution >= 0.6 is 11.3 Å². The summed E-state index contributed by atoms with van der Waals surface area (Å²) < 4.78 is 0. The smallest absolute Gasteiger partial charge is 0.220 e. The van der Waals surface area contributed by atoms with E-state index >= 15 is 0 Å². The van der Waals surface area contributed by atoms with Gasteiger partial charge in [-0.1, -0.05) is 0 Å². The van der Waals surface area contributed by atoms with Crippen molar-refractivity contribution >= 4 is 17.2 Å². The topological polar surface area (TPSA) is 44.4 Å². The van der Waals surface area contributed by atoms with E-state index in [0.717, 1.165) is 51.5 Å². The Kier molecular flexibility index (Phi) is 6.08. The van der Waals surface area contributed by atoms with Crippen molar-refractivity contribution in [3.63, 3.8) is 0 Å². The minimum Gasteiger partial charge on any atom is -0.355 e. The molecule has 1 saturated heterocycles. The number of thiophene rings is 1. The summed E-state index contributed by atoms with van der Waals surface area (Å²) in [5.41, 5.74) is 1.48. The molecule has 0 saturated carbocycles. The van der Waals surface area contributed by atoms with Crippen LogP contribution in [0.25, 0.3) is 0 Å². The van der Waals surface area contributed by atoms with Gasteiger partial charge in [0, 0.05) is 37.0 Å². The predicted molar refractivity (Wildman–Crippen MR) is 95.7 cm³/mol. The maximum atomic E-state index is 12.1. The summed E-state index contributed by atoms with van der Waals surface area (Å²) in [5.74, 6) is 0.960. The largest absolute Gasteiger partial charge is 0.355 e. The standard InChI is InChI=1S/C18H29N3OS/c1-14(21-10-6-17-16(13-21)7-11-23-17)12-20-18(22)3-2-15-4-8-19-9-5-15/h7,11,14-15,19H,2-6,8-10,12-13H2,1H3,(H,20,22). The van der Waals surface area contributed by atoms with Crippen LogP contribution in [0.5, 0.6) is 0 Å². The molecular formula is C18H29N3OS. The Morgan fingerprint density at radius 3 is 3.13 bits per heavy atom. The average molecular weight is 336 g/mol. The van der Waals surface area contributed by atoms with E-state index < -0.39 is 0 Å². The molecule has 0 spiro atoms. The molecule has 5 heteroatoms. The number of fused-ring (bicyclic) bond motifs is 1. The van der Waals surface area contributed by atoms with Crippen molar-refractivity contribution in [3.8, 4) is 0 Å². The van der Waals surface area contributed by atoms with Crippen molar-refractivity contribution in [2.75, 3.05) is 26.2 Å². The lowest BCUT2D eigenvalue weighted by atomic mass is 9.93. The molecule has 3 heterocycles. The first-order chi connectivity index (χ1) is 11.2. The van der Waals surface area contributed by atoms with Crippen LogP contribution in [-0.2, 0) is 17.8 Å². The molecule has 1 fully saturated rings. The van der Waals surface area contributed by atoms with E-state index in [0.29, 0.717) is 12.5 Å². The van der Waals surface area contributed by atoms with Gasteiger partial charge in [0.2, 0.25) is 5.91 Å². The Morgan fingerprint density at radius 2 is 2.30 bits per heavy atom. The second-order valence-electron chi connectivity index (χ2n) is 6.97. The zero-order valence-electron chi connectivity index (χ0n) is 14.1. The summed E-state index contributed by atoms with van der Waals surface area (Å²) >= 11 is 1.88. The van der Waals surface area contributed by atoms with Gasteiger partial charge >= 0.3 is 0 Å². The highest BCUT2D eigenvalue weighted by Gasteiger charge is 2.22. The van der Waals surface area contributed by atoms with Crippen LogP contribution in [0, 0.1) is 5.92 Å². The fourth-order valence-corrected chi connectivity index (χ4v) is 4.52.